The summed E-state index contributed by atoms with van der Waals surface area (Å²) < 4.78 is 5.24. The summed E-state index contributed by atoms with van der Waals surface area (Å²) in [5.41, 5.74) is 0. The minimum absolute atomic E-state index is 0.00401. The van der Waals surface area contributed by atoms with Gasteiger partial charge in [0.15, 0.2) is 0 Å². The van der Waals surface area contributed by atoms with E-state index in [2.05, 4.69) is 6.92 Å². The van der Waals surface area contributed by atoms with Gasteiger partial charge in [-0.3, -0.25) is 9.59 Å². The highest BCUT2D eigenvalue weighted by molar-refractivity contribution is 7.99. The quantitative estimate of drug-likeness (QED) is 0.708. The van der Waals surface area contributed by atoms with Gasteiger partial charge in [-0.05, 0) is 18.6 Å². The van der Waals surface area contributed by atoms with E-state index < -0.39 is 5.97 Å². The van der Waals surface area contributed by atoms with E-state index in [1.54, 1.807) is 23.8 Å². The Labute approximate surface area is 112 Å². The van der Waals surface area contributed by atoms with Crippen molar-refractivity contribution in [3.05, 3.63) is 0 Å². The van der Waals surface area contributed by atoms with Gasteiger partial charge in [-0.1, -0.05) is 6.92 Å². The molecule has 18 heavy (non-hydrogen) atoms. The third-order valence-electron chi connectivity index (χ3n) is 3.01. The number of hydrogen-bond donors (Lipinski definition) is 1. The van der Waals surface area contributed by atoms with E-state index >= 15 is 0 Å². The zero-order valence-electron chi connectivity index (χ0n) is 10.9. The van der Waals surface area contributed by atoms with Crippen LogP contribution in [0.15, 0.2) is 0 Å². The fourth-order valence-electron chi connectivity index (χ4n) is 2.13. The number of likely N-dealkylation sites (tertiary alicyclic amines) is 1. The van der Waals surface area contributed by atoms with Gasteiger partial charge in [0, 0.05) is 19.7 Å². The molecule has 1 aliphatic heterocycles. The standard InChI is InChI=1S/C12H21NO4S/c1-3-4-18-8-11(14)13-7-10(17-2)5-9(13)6-12(15)16/h9-10H,3-8H2,1-2H3,(H,15,16). The lowest BCUT2D eigenvalue weighted by Gasteiger charge is -2.23. The number of carbonyl (C=O) groups excluding carboxylic acids is 1. The Morgan fingerprint density at radius 3 is 2.78 bits per heavy atom. The molecule has 0 bridgehead atoms. The molecule has 5 nitrogen and oxygen atoms in total. The van der Waals surface area contributed by atoms with E-state index in [0.717, 1.165) is 12.2 Å². The van der Waals surface area contributed by atoms with Crippen LogP contribution in [0.25, 0.3) is 0 Å². The summed E-state index contributed by atoms with van der Waals surface area (Å²) in [6.07, 6.45) is 1.63. The monoisotopic (exact) mass is 275 g/mol. The van der Waals surface area contributed by atoms with Gasteiger partial charge < -0.3 is 14.7 Å². The van der Waals surface area contributed by atoms with E-state index in [4.69, 9.17) is 9.84 Å². The van der Waals surface area contributed by atoms with Gasteiger partial charge in [-0.2, -0.15) is 11.8 Å². The molecule has 0 aliphatic carbocycles. The van der Waals surface area contributed by atoms with Crippen molar-refractivity contribution >= 4 is 23.6 Å². The van der Waals surface area contributed by atoms with Crippen LogP contribution in [0.3, 0.4) is 0 Å². The topological polar surface area (TPSA) is 66.8 Å². The molecule has 1 N–H and O–H groups in total. The average Bonchev–Trinajstić information content (AvgIpc) is 2.71. The summed E-state index contributed by atoms with van der Waals surface area (Å²) in [4.78, 5) is 24.5. The second-order valence-corrected chi connectivity index (χ2v) is 5.55. The zero-order valence-corrected chi connectivity index (χ0v) is 11.7. The molecule has 1 amide bonds. The Morgan fingerprint density at radius 1 is 1.50 bits per heavy atom. The van der Waals surface area contributed by atoms with Crippen molar-refractivity contribution in [1.29, 1.82) is 0 Å². The first-order chi connectivity index (χ1) is 8.58. The van der Waals surface area contributed by atoms with Gasteiger partial charge in [0.05, 0.1) is 18.3 Å². The number of methoxy groups -OCH3 is 1. The number of thioether (sulfide) groups is 1. The third-order valence-corrected chi connectivity index (χ3v) is 4.16. The fourth-order valence-corrected chi connectivity index (χ4v) is 2.91. The summed E-state index contributed by atoms with van der Waals surface area (Å²) in [6.45, 7) is 2.58. The number of nitrogens with zero attached hydrogens (tertiary/aromatic N) is 1. The lowest BCUT2D eigenvalue weighted by molar-refractivity contribution is -0.139. The lowest BCUT2D eigenvalue weighted by atomic mass is 10.1. The van der Waals surface area contributed by atoms with Gasteiger partial charge in [-0.15, -0.1) is 0 Å². The number of carbonyl (C=O) groups is 2. The molecule has 1 fully saturated rings. The maximum atomic E-state index is 12.0. The predicted octanol–water partition coefficient (Wildman–Crippen LogP) is 1.22. The molecule has 2 atom stereocenters. The molecule has 0 saturated carbocycles. The third kappa shape index (κ3) is 4.49. The predicted molar refractivity (Wildman–Crippen MR) is 70.8 cm³/mol. The minimum atomic E-state index is -0.865. The van der Waals surface area contributed by atoms with E-state index in [-0.39, 0.29) is 24.5 Å². The number of aliphatic carboxylic acids is 1. The largest absolute Gasteiger partial charge is 0.481 e. The summed E-state index contributed by atoms with van der Waals surface area (Å²) in [5, 5.41) is 8.86. The van der Waals surface area contributed by atoms with Crippen LogP contribution in [0.4, 0.5) is 0 Å². The molecular weight excluding hydrogens is 254 g/mol. The first-order valence-electron chi connectivity index (χ1n) is 6.20. The smallest absolute Gasteiger partial charge is 0.305 e. The van der Waals surface area contributed by atoms with E-state index in [1.165, 1.54) is 0 Å². The van der Waals surface area contributed by atoms with Crippen LogP contribution in [0, 0.1) is 0 Å². The Morgan fingerprint density at radius 2 is 2.22 bits per heavy atom. The molecule has 2 unspecified atom stereocenters. The Hall–Kier alpha value is -0.750. The highest BCUT2D eigenvalue weighted by Crippen LogP contribution is 2.23. The normalized spacial score (nSPS) is 23.3. The van der Waals surface area contributed by atoms with Crippen LogP contribution in [0.2, 0.25) is 0 Å². The summed E-state index contributed by atoms with van der Waals surface area (Å²) in [7, 11) is 1.60. The van der Waals surface area contributed by atoms with Gasteiger partial charge >= 0.3 is 5.97 Å². The van der Waals surface area contributed by atoms with Crippen LogP contribution in [-0.4, -0.2) is 59.2 Å². The van der Waals surface area contributed by atoms with Crippen molar-refractivity contribution in [2.24, 2.45) is 0 Å². The van der Waals surface area contributed by atoms with Gasteiger partial charge in [-0.25, -0.2) is 0 Å². The van der Waals surface area contributed by atoms with Crippen molar-refractivity contribution in [1.82, 2.24) is 4.90 Å². The van der Waals surface area contributed by atoms with Gasteiger partial charge in [0.1, 0.15) is 0 Å². The number of hydrogen-bond acceptors (Lipinski definition) is 4. The number of ether oxygens (including phenoxy) is 1. The molecular formula is C12H21NO4S. The molecule has 0 aromatic rings. The SMILES string of the molecule is CCCSCC(=O)N1CC(OC)CC1CC(=O)O. The Kier molecular flexibility index (Phi) is 6.49. The number of carboxylic acid groups (broad SMARTS) is 1. The molecule has 0 aromatic heterocycles. The number of carboxylic acids is 1. The first-order valence-corrected chi connectivity index (χ1v) is 7.35. The van der Waals surface area contributed by atoms with Crippen LogP contribution in [-0.2, 0) is 14.3 Å². The van der Waals surface area contributed by atoms with E-state index in [9.17, 15) is 9.59 Å². The first kappa shape index (κ1) is 15.3. The molecule has 1 aliphatic rings. The van der Waals surface area contributed by atoms with Gasteiger partial charge in [0.25, 0.3) is 0 Å². The Balaban J connectivity index is 2.53. The summed E-state index contributed by atoms with van der Waals surface area (Å²) >= 11 is 1.60. The molecule has 104 valence electrons. The van der Waals surface area contributed by atoms with E-state index in [0.29, 0.717) is 18.7 Å². The average molecular weight is 275 g/mol. The molecule has 0 aromatic carbocycles. The molecule has 1 rings (SSSR count). The van der Waals surface area contributed by atoms with Crippen molar-refractivity contribution in [2.75, 3.05) is 25.2 Å². The van der Waals surface area contributed by atoms with Crippen LogP contribution in [0.5, 0.6) is 0 Å². The highest BCUT2D eigenvalue weighted by Gasteiger charge is 2.36. The van der Waals surface area contributed by atoms with Crippen molar-refractivity contribution in [3.63, 3.8) is 0 Å². The summed E-state index contributed by atoms with van der Waals surface area (Å²) in [6, 6.07) is -0.220. The van der Waals surface area contributed by atoms with Crippen molar-refractivity contribution < 1.29 is 19.4 Å². The van der Waals surface area contributed by atoms with E-state index in [1.807, 2.05) is 0 Å². The van der Waals surface area contributed by atoms with Gasteiger partial charge in [0.2, 0.25) is 5.91 Å². The van der Waals surface area contributed by atoms with Crippen molar-refractivity contribution in [3.8, 4) is 0 Å². The number of rotatable bonds is 7. The van der Waals surface area contributed by atoms with Crippen molar-refractivity contribution in [2.45, 2.75) is 38.3 Å². The molecule has 0 spiro atoms. The summed E-state index contributed by atoms with van der Waals surface area (Å²) in [5.74, 6) is 0.548. The molecule has 6 heteroatoms. The second-order valence-electron chi connectivity index (χ2n) is 4.44. The van der Waals surface area contributed by atoms with Crippen LogP contribution in [0.1, 0.15) is 26.2 Å². The fraction of sp³-hybridized carbons (Fsp3) is 0.833. The molecule has 1 heterocycles. The number of amides is 1. The molecule has 1 saturated heterocycles. The lowest BCUT2D eigenvalue weighted by Crippen LogP contribution is -2.38. The zero-order chi connectivity index (χ0) is 13.5. The van der Waals surface area contributed by atoms with Crippen LogP contribution < -0.4 is 0 Å². The Bertz CT molecular complexity index is 298. The van der Waals surface area contributed by atoms with Crippen LogP contribution >= 0.6 is 11.8 Å². The highest BCUT2D eigenvalue weighted by atomic mass is 32.2. The maximum absolute atomic E-state index is 12.0. The molecule has 0 radical (unpaired) electrons. The minimum Gasteiger partial charge on any atom is -0.481 e. The maximum Gasteiger partial charge on any atom is 0.305 e. The second kappa shape index (κ2) is 7.63.